The van der Waals surface area contributed by atoms with Crippen LogP contribution in [-0.4, -0.2) is 48.1 Å². The zero-order valence-corrected chi connectivity index (χ0v) is 16.8. The SMILES string of the molecule is COc1ccccc1C(O)CNCC(O)COc1cccc2[nH]c3ccccc3c12. The van der Waals surface area contributed by atoms with Gasteiger partial charge in [-0.3, -0.25) is 0 Å². The molecule has 4 aromatic rings. The summed E-state index contributed by atoms with van der Waals surface area (Å²) >= 11 is 0. The number of H-pyrrole nitrogens is 1. The van der Waals surface area contributed by atoms with Gasteiger partial charge in [0.2, 0.25) is 0 Å². The first-order valence-corrected chi connectivity index (χ1v) is 9.99. The number of nitrogens with one attached hydrogen (secondary N) is 2. The average Bonchev–Trinajstić information content (AvgIpc) is 3.16. The van der Waals surface area contributed by atoms with Crippen LogP contribution < -0.4 is 14.8 Å². The van der Waals surface area contributed by atoms with E-state index in [4.69, 9.17) is 9.47 Å². The number of hydrogen-bond donors (Lipinski definition) is 4. The Labute approximate surface area is 175 Å². The van der Waals surface area contributed by atoms with E-state index in [-0.39, 0.29) is 6.61 Å². The summed E-state index contributed by atoms with van der Waals surface area (Å²) in [5.41, 5.74) is 2.77. The molecule has 0 aliphatic carbocycles. The van der Waals surface area contributed by atoms with Crippen LogP contribution in [0.15, 0.2) is 66.7 Å². The Balaban J connectivity index is 1.34. The summed E-state index contributed by atoms with van der Waals surface area (Å²) in [6.07, 6.45) is -1.44. The van der Waals surface area contributed by atoms with Gasteiger partial charge in [0.05, 0.1) is 18.7 Å². The summed E-state index contributed by atoms with van der Waals surface area (Å²) in [7, 11) is 1.58. The molecule has 0 bridgehead atoms. The molecule has 0 aliphatic heterocycles. The van der Waals surface area contributed by atoms with Crippen molar-refractivity contribution in [2.24, 2.45) is 0 Å². The number of hydrogen-bond acceptors (Lipinski definition) is 5. The summed E-state index contributed by atoms with van der Waals surface area (Å²) in [5.74, 6) is 1.38. The minimum absolute atomic E-state index is 0.149. The zero-order valence-electron chi connectivity index (χ0n) is 16.8. The van der Waals surface area contributed by atoms with Crippen LogP contribution in [0.2, 0.25) is 0 Å². The number of rotatable bonds is 9. The highest BCUT2D eigenvalue weighted by atomic mass is 16.5. The zero-order chi connectivity index (χ0) is 20.9. The van der Waals surface area contributed by atoms with Gasteiger partial charge in [-0.2, -0.15) is 0 Å². The topological polar surface area (TPSA) is 86.7 Å². The smallest absolute Gasteiger partial charge is 0.129 e. The van der Waals surface area contributed by atoms with Crippen LogP contribution >= 0.6 is 0 Å². The summed E-state index contributed by atoms with van der Waals surface area (Å²) < 4.78 is 11.2. The molecule has 0 saturated heterocycles. The second kappa shape index (κ2) is 9.17. The number of aromatic amines is 1. The van der Waals surface area contributed by atoms with Crippen LogP contribution in [0.1, 0.15) is 11.7 Å². The molecule has 0 fully saturated rings. The molecule has 4 N–H and O–H groups in total. The minimum atomic E-state index is -0.728. The molecular weight excluding hydrogens is 380 g/mol. The van der Waals surface area contributed by atoms with Crippen LogP contribution in [0.5, 0.6) is 11.5 Å². The molecule has 4 rings (SSSR count). The first-order chi connectivity index (χ1) is 14.7. The third-order valence-electron chi connectivity index (χ3n) is 5.14. The van der Waals surface area contributed by atoms with Crippen LogP contribution in [0.3, 0.4) is 0 Å². The predicted molar refractivity (Wildman–Crippen MR) is 118 cm³/mol. The largest absolute Gasteiger partial charge is 0.496 e. The summed E-state index contributed by atoms with van der Waals surface area (Å²) in [6, 6.07) is 21.3. The molecule has 0 saturated carbocycles. The van der Waals surface area contributed by atoms with Crippen molar-refractivity contribution in [1.29, 1.82) is 0 Å². The van der Waals surface area contributed by atoms with Gasteiger partial charge in [-0.1, -0.05) is 42.5 Å². The van der Waals surface area contributed by atoms with Gasteiger partial charge in [0.1, 0.15) is 24.2 Å². The molecule has 6 nitrogen and oxygen atoms in total. The van der Waals surface area contributed by atoms with Gasteiger partial charge in [0.25, 0.3) is 0 Å². The van der Waals surface area contributed by atoms with Gasteiger partial charge < -0.3 is 30.0 Å². The van der Waals surface area contributed by atoms with E-state index in [1.807, 2.05) is 60.7 Å². The number of aromatic nitrogens is 1. The van der Waals surface area contributed by atoms with E-state index in [1.54, 1.807) is 7.11 Å². The van der Waals surface area contributed by atoms with Crippen molar-refractivity contribution >= 4 is 21.8 Å². The van der Waals surface area contributed by atoms with E-state index < -0.39 is 12.2 Å². The van der Waals surface area contributed by atoms with Gasteiger partial charge in [0.15, 0.2) is 0 Å². The maximum Gasteiger partial charge on any atom is 0.129 e. The van der Waals surface area contributed by atoms with Crippen molar-refractivity contribution in [3.05, 3.63) is 72.3 Å². The third-order valence-corrected chi connectivity index (χ3v) is 5.14. The molecule has 0 spiro atoms. The summed E-state index contributed by atoms with van der Waals surface area (Å²) in [6.45, 7) is 0.752. The van der Waals surface area contributed by atoms with Crippen LogP contribution in [-0.2, 0) is 0 Å². The van der Waals surface area contributed by atoms with Crippen molar-refractivity contribution < 1.29 is 19.7 Å². The van der Waals surface area contributed by atoms with E-state index in [2.05, 4.69) is 16.4 Å². The second-order valence-corrected chi connectivity index (χ2v) is 7.23. The molecule has 30 heavy (non-hydrogen) atoms. The van der Waals surface area contributed by atoms with Gasteiger partial charge in [-0.15, -0.1) is 0 Å². The molecule has 0 amide bonds. The van der Waals surface area contributed by atoms with Gasteiger partial charge in [-0.05, 0) is 24.3 Å². The lowest BCUT2D eigenvalue weighted by atomic mass is 10.1. The Hall–Kier alpha value is -3.06. The molecule has 6 heteroatoms. The molecule has 0 aliphatic rings. The van der Waals surface area contributed by atoms with Gasteiger partial charge in [-0.25, -0.2) is 0 Å². The molecule has 1 aromatic heterocycles. The number of aliphatic hydroxyl groups excluding tert-OH is 2. The molecule has 156 valence electrons. The first-order valence-electron chi connectivity index (χ1n) is 9.99. The third kappa shape index (κ3) is 4.26. The lowest BCUT2D eigenvalue weighted by Gasteiger charge is -2.17. The maximum atomic E-state index is 10.4. The first kappa shape index (κ1) is 20.2. The maximum absolute atomic E-state index is 10.4. The Morgan fingerprint density at radius 2 is 1.60 bits per heavy atom. The number of aliphatic hydroxyl groups is 2. The fraction of sp³-hybridized carbons (Fsp3) is 0.250. The van der Waals surface area contributed by atoms with Crippen molar-refractivity contribution in [3.63, 3.8) is 0 Å². The number of fused-ring (bicyclic) bond motifs is 3. The quantitative estimate of drug-likeness (QED) is 0.342. The Morgan fingerprint density at radius 1 is 0.867 bits per heavy atom. The van der Waals surface area contributed by atoms with Crippen molar-refractivity contribution in [2.75, 3.05) is 26.8 Å². The number of ether oxygens (including phenoxy) is 2. The molecule has 1 heterocycles. The van der Waals surface area contributed by atoms with Gasteiger partial charge >= 0.3 is 0 Å². The van der Waals surface area contributed by atoms with E-state index >= 15 is 0 Å². The van der Waals surface area contributed by atoms with Crippen molar-refractivity contribution in [2.45, 2.75) is 12.2 Å². The van der Waals surface area contributed by atoms with E-state index in [9.17, 15) is 10.2 Å². The van der Waals surface area contributed by atoms with Crippen LogP contribution in [0.25, 0.3) is 21.8 Å². The minimum Gasteiger partial charge on any atom is -0.496 e. The fourth-order valence-electron chi connectivity index (χ4n) is 3.67. The average molecular weight is 406 g/mol. The molecular formula is C24H26N2O4. The normalized spacial score (nSPS) is 13.4. The molecule has 3 aromatic carbocycles. The Morgan fingerprint density at radius 3 is 2.47 bits per heavy atom. The predicted octanol–water partition coefficient (Wildman–Crippen LogP) is 3.39. The van der Waals surface area contributed by atoms with E-state index in [1.165, 1.54) is 0 Å². The molecule has 0 radical (unpaired) electrons. The Bertz CT molecular complexity index is 1120. The monoisotopic (exact) mass is 406 g/mol. The van der Waals surface area contributed by atoms with E-state index in [0.717, 1.165) is 27.6 Å². The van der Waals surface area contributed by atoms with Crippen molar-refractivity contribution in [1.82, 2.24) is 10.3 Å². The Kier molecular flexibility index (Phi) is 6.18. The van der Waals surface area contributed by atoms with Crippen LogP contribution in [0.4, 0.5) is 0 Å². The second-order valence-electron chi connectivity index (χ2n) is 7.23. The lowest BCUT2D eigenvalue weighted by Crippen LogP contribution is -2.33. The number of methoxy groups -OCH3 is 1. The van der Waals surface area contributed by atoms with Crippen LogP contribution in [0, 0.1) is 0 Å². The lowest BCUT2D eigenvalue weighted by molar-refractivity contribution is 0.100. The molecule has 2 atom stereocenters. The van der Waals surface area contributed by atoms with Gasteiger partial charge in [0, 0.05) is 34.9 Å². The molecule has 2 unspecified atom stereocenters. The fourth-order valence-corrected chi connectivity index (χ4v) is 3.67. The standard InChI is InChI=1S/C24H26N2O4/c1-29-22-11-5-3-8-18(22)21(28)14-25-13-16(27)15-30-23-12-6-10-20-24(23)17-7-2-4-9-19(17)26-20/h2-12,16,21,25-28H,13-15H2,1H3. The van der Waals surface area contributed by atoms with Crippen molar-refractivity contribution in [3.8, 4) is 11.5 Å². The van der Waals surface area contributed by atoms with E-state index in [0.29, 0.717) is 24.4 Å². The highest BCUT2D eigenvalue weighted by molar-refractivity contribution is 6.10. The summed E-state index contributed by atoms with van der Waals surface area (Å²) in [5, 5.41) is 25.9. The highest BCUT2D eigenvalue weighted by Crippen LogP contribution is 2.33. The summed E-state index contributed by atoms with van der Waals surface area (Å²) in [4.78, 5) is 3.38. The highest BCUT2D eigenvalue weighted by Gasteiger charge is 2.14. The number of para-hydroxylation sites is 2. The number of benzene rings is 3.